The normalized spacial score (nSPS) is 21.4. The fraction of sp³-hybridized carbons (Fsp3) is 0.643. The van der Waals surface area contributed by atoms with Gasteiger partial charge in [-0.05, 0) is 38.3 Å². The largest absolute Gasteiger partial charge is 0.489 e. The smallest absolute Gasteiger partial charge is 0.138 e. The second kappa shape index (κ2) is 6.84. The van der Waals surface area contributed by atoms with Crippen molar-refractivity contribution in [3.05, 3.63) is 24.0 Å². The Balaban J connectivity index is 2.12. The summed E-state index contributed by atoms with van der Waals surface area (Å²) in [7, 11) is 0. The van der Waals surface area contributed by atoms with Crippen molar-refractivity contribution in [1.82, 2.24) is 10.4 Å². The van der Waals surface area contributed by atoms with E-state index in [9.17, 15) is 0 Å². The van der Waals surface area contributed by atoms with Gasteiger partial charge in [0.1, 0.15) is 5.75 Å². The van der Waals surface area contributed by atoms with Gasteiger partial charge in [-0.3, -0.25) is 16.3 Å². The van der Waals surface area contributed by atoms with Crippen molar-refractivity contribution in [2.24, 2.45) is 11.8 Å². The van der Waals surface area contributed by atoms with E-state index < -0.39 is 0 Å². The van der Waals surface area contributed by atoms with Crippen LogP contribution in [-0.4, -0.2) is 24.3 Å². The Bertz CT molecular complexity index is 392. The standard InChI is InChI=1S/C14H23N3O2/c1-10(2)19-13-6-12(7-16-8-13)14(17-15)11-4-3-5-18-9-11/h6-8,10-11,14,17H,3-5,9,15H2,1-2H3. The molecular formula is C14H23N3O2. The number of ether oxygens (including phenoxy) is 2. The van der Waals surface area contributed by atoms with Gasteiger partial charge in [0.05, 0.1) is 24.9 Å². The Labute approximate surface area is 114 Å². The summed E-state index contributed by atoms with van der Waals surface area (Å²) in [5.41, 5.74) is 3.95. The summed E-state index contributed by atoms with van der Waals surface area (Å²) >= 11 is 0. The monoisotopic (exact) mass is 265 g/mol. The highest BCUT2D eigenvalue weighted by Crippen LogP contribution is 2.29. The fourth-order valence-electron chi connectivity index (χ4n) is 2.48. The highest BCUT2D eigenvalue weighted by molar-refractivity contribution is 5.26. The van der Waals surface area contributed by atoms with Crippen molar-refractivity contribution in [3.63, 3.8) is 0 Å². The van der Waals surface area contributed by atoms with Gasteiger partial charge < -0.3 is 9.47 Å². The highest BCUT2D eigenvalue weighted by Gasteiger charge is 2.25. The van der Waals surface area contributed by atoms with Crippen molar-refractivity contribution in [2.75, 3.05) is 13.2 Å². The molecule has 5 heteroatoms. The molecule has 2 unspecified atom stereocenters. The maximum atomic E-state index is 5.71. The molecular weight excluding hydrogens is 242 g/mol. The molecule has 0 saturated carbocycles. The second-order valence-corrected chi connectivity index (χ2v) is 5.24. The number of nitrogens with zero attached hydrogens (tertiary/aromatic N) is 1. The number of nitrogens with one attached hydrogen (secondary N) is 1. The number of rotatable bonds is 5. The summed E-state index contributed by atoms with van der Waals surface area (Å²) in [6.07, 6.45) is 5.91. The molecule has 0 bridgehead atoms. The molecule has 1 aliphatic rings. The van der Waals surface area contributed by atoms with Crippen LogP contribution in [0, 0.1) is 5.92 Å². The van der Waals surface area contributed by atoms with E-state index in [0.717, 1.165) is 37.4 Å². The number of nitrogens with two attached hydrogens (primary N) is 1. The van der Waals surface area contributed by atoms with Crippen LogP contribution >= 0.6 is 0 Å². The van der Waals surface area contributed by atoms with Crippen LogP contribution in [0.2, 0.25) is 0 Å². The average molecular weight is 265 g/mol. The van der Waals surface area contributed by atoms with Crippen LogP contribution in [0.15, 0.2) is 18.5 Å². The predicted molar refractivity (Wildman–Crippen MR) is 73.6 cm³/mol. The molecule has 2 heterocycles. The highest BCUT2D eigenvalue weighted by atomic mass is 16.5. The Kier molecular flexibility index (Phi) is 5.13. The van der Waals surface area contributed by atoms with Crippen LogP contribution in [0.25, 0.3) is 0 Å². The summed E-state index contributed by atoms with van der Waals surface area (Å²) in [6, 6.07) is 2.06. The SMILES string of the molecule is CC(C)Oc1cncc(C(NN)C2CCCOC2)c1. The molecule has 1 fully saturated rings. The maximum absolute atomic E-state index is 5.71. The molecule has 0 amide bonds. The van der Waals surface area contributed by atoms with Crippen LogP contribution in [0.4, 0.5) is 0 Å². The Morgan fingerprint density at radius 3 is 2.95 bits per heavy atom. The molecule has 106 valence electrons. The number of hydrazine groups is 1. The predicted octanol–water partition coefficient (Wildman–Crippen LogP) is 1.80. The van der Waals surface area contributed by atoms with Gasteiger partial charge >= 0.3 is 0 Å². The average Bonchev–Trinajstić information content (AvgIpc) is 2.40. The van der Waals surface area contributed by atoms with Crippen LogP contribution < -0.4 is 16.0 Å². The van der Waals surface area contributed by atoms with Gasteiger partial charge in [-0.15, -0.1) is 0 Å². The topological polar surface area (TPSA) is 69.4 Å². The third kappa shape index (κ3) is 3.89. The van der Waals surface area contributed by atoms with E-state index in [-0.39, 0.29) is 12.1 Å². The van der Waals surface area contributed by atoms with Crippen molar-refractivity contribution >= 4 is 0 Å². The molecule has 0 aliphatic carbocycles. The van der Waals surface area contributed by atoms with E-state index >= 15 is 0 Å². The van der Waals surface area contributed by atoms with E-state index in [4.69, 9.17) is 15.3 Å². The van der Waals surface area contributed by atoms with Crippen LogP contribution in [0.5, 0.6) is 5.75 Å². The van der Waals surface area contributed by atoms with E-state index in [1.54, 1.807) is 6.20 Å². The van der Waals surface area contributed by atoms with Crippen molar-refractivity contribution in [2.45, 2.75) is 38.8 Å². The molecule has 1 saturated heterocycles. The van der Waals surface area contributed by atoms with E-state index in [1.807, 2.05) is 26.1 Å². The molecule has 1 aromatic heterocycles. The Morgan fingerprint density at radius 1 is 1.47 bits per heavy atom. The summed E-state index contributed by atoms with van der Waals surface area (Å²) in [4.78, 5) is 4.24. The number of pyridine rings is 1. The lowest BCUT2D eigenvalue weighted by Crippen LogP contribution is -2.37. The van der Waals surface area contributed by atoms with Gasteiger partial charge in [0.25, 0.3) is 0 Å². The Hall–Kier alpha value is -1.17. The number of hydrogen-bond acceptors (Lipinski definition) is 5. The van der Waals surface area contributed by atoms with Crippen molar-refractivity contribution in [3.8, 4) is 5.75 Å². The van der Waals surface area contributed by atoms with Gasteiger partial charge in [-0.2, -0.15) is 0 Å². The molecule has 3 N–H and O–H groups in total. The first-order valence-corrected chi connectivity index (χ1v) is 6.86. The third-order valence-electron chi connectivity index (χ3n) is 3.31. The summed E-state index contributed by atoms with van der Waals surface area (Å²) in [6.45, 7) is 5.59. The maximum Gasteiger partial charge on any atom is 0.138 e. The zero-order valence-electron chi connectivity index (χ0n) is 11.6. The first-order chi connectivity index (χ1) is 9.20. The number of aromatic nitrogens is 1. The molecule has 2 atom stereocenters. The molecule has 19 heavy (non-hydrogen) atoms. The lowest BCUT2D eigenvalue weighted by atomic mass is 9.90. The molecule has 5 nitrogen and oxygen atoms in total. The zero-order valence-corrected chi connectivity index (χ0v) is 11.6. The van der Waals surface area contributed by atoms with E-state index in [0.29, 0.717) is 5.92 Å². The molecule has 1 aliphatic heterocycles. The minimum atomic E-state index is 0.0588. The molecule has 2 rings (SSSR count). The molecule has 0 radical (unpaired) electrons. The fourth-order valence-corrected chi connectivity index (χ4v) is 2.48. The van der Waals surface area contributed by atoms with Crippen LogP contribution in [0.3, 0.4) is 0 Å². The molecule has 0 aromatic carbocycles. The Morgan fingerprint density at radius 2 is 2.32 bits per heavy atom. The summed E-state index contributed by atoms with van der Waals surface area (Å²) in [5, 5.41) is 0. The van der Waals surface area contributed by atoms with Crippen molar-refractivity contribution < 1.29 is 9.47 Å². The lowest BCUT2D eigenvalue weighted by Gasteiger charge is -2.30. The minimum Gasteiger partial charge on any atom is -0.489 e. The van der Waals surface area contributed by atoms with Gasteiger partial charge in [0.2, 0.25) is 0 Å². The van der Waals surface area contributed by atoms with Crippen LogP contribution in [0.1, 0.15) is 38.3 Å². The third-order valence-corrected chi connectivity index (χ3v) is 3.31. The molecule has 1 aromatic rings. The molecule has 0 spiro atoms. The van der Waals surface area contributed by atoms with E-state index in [2.05, 4.69) is 10.4 Å². The van der Waals surface area contributed by atoms with Gasteiger partial charge in [-0.1, -0.05) is 0 Å². The van der Waals surface area contributed by atoms with Crippen LogP contribution in [-0.2, 0) is 4.74 Å². The zero-order chi connectivity index (χ0) is 13.7. The van der Waals surface area contributed by atoms with Crippen molar-refractivity contribution in [1.29, 1.82) is 0 Å². The van der Waals surface area contributed by atoms with Gasteiger partial charge in [0.15, 0.2) is 0 Å². The quantitative estimate of drug-likeness (QED) is 0.627. The lowest BCUT2D eigenvalue weighted by molar-refractivity contribution is 0.0389. The first-order valence-electron chi connectivity index (χ1n) is 6.86. The van der Waals surface area contributed by atoms with E-state index in [1.165, 1.54) is 0 Å². The first kappa shape index (κ1) is 14.2. The second-order valence-electron chi connectivity index (χ2n) is 5.24. The number of hydrogen-bond donors (Lipinski definition) is 2. The minimum absolute atomic E-state index is 0.0588. The van der Waals surface area contributed by atoms with Gasteiger partial charge in [0, 0.05) is 18.7 Å². The summed E-state index contributed by atoms with van der Waals surface area (Å²) in [5.74, 6) is 6.88. The van der Waals surface area contributed by atoms with Gasteiger partial charge in [-0.25, -0.2) is 0 Å². The summed E-state index contributed by atoms with van der Waals surface area (Å²) < 4.78 is 11.2.